The summed E-state index contributed by atoms with van der Waals surface area (Å²) in [5.74, 6) is -1.06. The summed E-state index contributed by atoms with van der Waals surface area (Å²) in [5, 5.41) is 11.7. The number of rotatable bonds is 6. The zero-order chi connectivity index (χ0) is 13.5. The molecule has 0 atom stereocenters. The molecule has 5 heteroatoms. The van der Waals surface area contributed by atoms with Crippen LogP contribution in [0.25, 0.3) is 0 Å². The van der Waals surface area contributed by atoms with Gasteiger partial charge in [0.15, 0.2) is 11.6 Å². The molecule has 1 amide bonds. The normalized spacial score (nSPS) is 10.7. The molecule has 0 saturated heterocycles. The number of aromatic hydroxyl groups is 1. The van der Waals surface area contributed by atoms with Gasteiger partial charge in [0.05, 0.1) is 6.54 Å². The number of likely N-dealkylation sites (N-methyl/N-ethyl adjacent to an activating group) is 1. The van der Waals surface area contributed by atoms with E-state index in [0.717, 1.165) is 18.5 Å². The number of nitrogens with zero attached hydrogens (tertiary/aromatic N) is 1. The third-order valence-corrected chi connectivity index (χ3v) is 2.60. The van der Waals surface area contributed by atoms with Gasteiger partial charge in [0, 0.05) is 13.6 Å². The van der Waals surface area contributed by atoms with Crippen molar-refractivity contribution in [1.82, 2.24) is 10.2 Å². The zero-order valence-corrected chi connectivity index (χ0v) is 10.7. The molecule has 0 fully saturated rings. The average Bonchev–Trinajstić information content (AvgIpc) is 2.34. The Morgan fingerprint density at radius 2 is 2.22 bits per heavy atom. The van der Waals surface area contributed by atoms with Crippen LogP contribution in [0.2, 0.25) is 0 Å². The van der Waals surface area contributed by atoms with E-state index in [2.05, 4.69) is 5.32 Å². The third kappa shape index (κ3) is 4.33. The first-order valence-corrected chi connectivity index (χ1v) is 5.97. The van der Waals surface area contributed by atoms with Crippen molar-refractivity contribution in [1.29, 1.82) is 0 Å². The maximum Gasteiger partial charge on any atom is 0.233 e. The van der Waals surface area contributed by atoms with Gasteiger partial charge in [-0.2, -0.15) is 0 Å². The van der Waals surface area contributed by atoms with Crippen molar-refractivity contribution in [2.45, 2.75) is 19.9 Å². The van der Waals surface area contributed by atoms with Crippen molar-refractivity contribution >= 4 is 5.91 Å². The quantitative estimate of drug-likeness (QED) is 0.808. The molecule has 0 unspecified atom stereocenters. The van der Waals surface area contributed by atoms with Crippen LogP contribution < -0.4 is 5.32 Å². The van der Waals surface area contributed by atoms with Crippen LogP contribution in [-0.2, 0) is 11.3 Å². The number of benzene rings is 1. The van der Waals surface area contributed by atoms with Crippen molar-refractivity contribution in [2.24, 2.45) is 0 Å². The van der Waals surface area contributed by atoms with E-state index < -0.39 is 5.82 Å². The lowest BCUT2D eigenvalue weighted by atomic mass is 10.2. The predicted octanol–water partition coefficient (Wildman–Crippen LogP) is 1.49. The molecule has 0 aliphatic heterocycles. The fourth-order valence-electron chi connectivity index (χ4n) is 1.72. The summed E-state index contributed by atoms with van der Waals surface area (Å²) >= 11 is 0. The molecule has 4 nitrogen and oxygen atoms in total. The third-order valence-electron chi connectivity index (χ3n) is 2.60. The number of nitrogens with one attached hydrogen (secondary N) is 1. The van der Waals surface area contributed by atoms with Crippen LogP contribution in [0.3, 0.4) is 0 Å². The second kappa shape index (κ2) is 6.96. The molecule has 0 spiro atoms. The van der Waals surface area contributed by atoms with Crippen LogP contribution in [0.4, 0.5) is 4.39 Å². The molecule has 0 bridgehead atoms. The van der Waals surface area contributed by atoms with Crippen LogP contribution in [0.1, 0.15) is 18.9 Å². The minimum atomic E-state index is -0.635. The summed E-state index contributed by atoms with van der Waals surface area (Å²) < 4.78 is 13.2. The summed E-state index contributed by atoms with van der Waals surface area (Å²) in [5.41, 5.74) is 0.739. The monoisotopic (exact) mass is 254 g/mol. The van der Waals surface area contributed by atoms with Crippen molar-refractivity contribution in [3.8, 4) is 5.75 Å². The first kappa shape index (κ1) is 14.4. The first-order valence-electron chi connectivity index (χ1n) is 5.97. The minimum Gasteiger partial charge on any atom is -0.505 e. The number of halogens is 1. The van der Waals surface area contributed by atoms with Gasteiger partial charge in [-0.25, -0.2) is 4.39 Å². The van der Waals surface area contributed by atoms with Crippen LogP contribution in [0, 0.1) is 5.82 Å². The molecule has 0 aliphatic carbocycles. The van der Waals surface area contributed by atoms with Crippen molar-refractivity contribution < 1.29 is 14.3 Å². The summed E-state index contributed by atoms with van der Waals surface area (Å²) in [7, 11) is 1.59. The molecular weight excluding hydrogens is 235 g/mol. The van der Waals surface area contributed by atoms with Gasteiger partial charge in [0.1, 0.15) is 0 Å². The van der Waals surface area contributed by atoms with Gasteiger partial charge in [0.25, 0.3) is 0 Å². The van der Waals surface area contributed by atoms with Gasteiger partial charge in [0.2, 0.25) is 5.91 Å². The lowest BCUT2D eigenvalue weighted by Crippen LogP contribution is -2.35. The Kier molecular flexibility index (Phi) is 5.58. The Bertz CT molecular complexity index is 410. The van der Waals surface area contributed by atoms with Gasteiger partial charge in [-0.3, -0.25) is 9.69 Å². The summed E-state index contributed by atoms with van der Waals surface area (Å²) in [6.45, 7) is 3.55. The molecule has 1 rings (SSSR count). The largest absolute Gasteiger partial charge is 0.505 e. The second-order valence-electron chi connectivity index (χ2n) is 4.17. The Balaban J connectivity index is 2.69. The molecule has 1 aromatic carbocycles. The van der Waals surface area contributed by atoms with Crippen LogP contribution in [-0.4, -0.2) is 36.1 Å². The van der Waals surface area contributed by atoms with E-state index in [4.69, 9.17) is 5.11 Å². The number of hydrogen-bond acceptors (Lipinski definition) is 3. The molecule has 100 valence electrons. The fraction of sp³-hybridized carbons (Fsp3) is 0.462. The number of carbonyl (C=O) groups is 1. The maximum atomic E-state index is 13.2. The average molecular weight is 254 g/mol. The predicted molar refractivity (Wildman–Crippen MR) is 67.7 cm³/mol. The summed E-state index contributed by atoms with van der Waals surface area (Å²) in [4.78, 5) is 13.3. The van der Waals surface area contributed by atoms with Gasteiger partial charge in [-0.1, -0.05) is 13.0 Å². The van der Waals surface area contributed by atoms with E-state index in [-0.39, 0.29) is 18.2 Å². The lowest BCUT2D eigenvalue weighted by molar-refractivity contribution is -0.121. The van der Waals surface area contributed by atoms with Crippen LogP contribution in [0.15, 0.2) is 18.2 Å². The van der Waals surface area contributed by atoms with Gasteiger partial charge < -0.3 is 10.4 Å². The molecule has 0 radical (unpaired) electrons. The smallest absolute Gasteiger partial charge is 0.233 e. The number of hydrogen-bond donors (Lipinski definition) is 2. The van der Waals surface area contributed by atoms with Gasteiger partial charge in [-0.05, 0) is 30.7 Å². The Morgan fingerprint density at radius 1 is 1.50 bits per heavy atom. The summed E-state index contributed by atoms with van der Waals surface area (Å²) in [6, 6.07) is 4.28. The zero-order valence-electron chi connectivity index (χ0n) is 10.7. The van der Waals surface area contributed by atoms with E-state index >= 15 is 0 Å². The van der Waals surface area contributed by atoms with E-state index in [1.165, 1.54) is 12.1 Å². The van der Waals surface area contributed by atoms with E-state index in [1.807, 2.05) is 11.8 Å². The summed E-state index contributed by atoms with van der Waals surface area (Å²) in [6.07, 6.45) is 0.914. The highest BCUT2D eigenvalue weighted by Gasteiger charge is 2.10. The van der Waals surface area contributed by atoms with Crippen molar-refractivity contribution in [2.75, 3.05) is 20.1 Å². The Morgan fingerprint density at radius 3 is 2.78 bits per heavy atom. The highest BCUT2D eigenvalue weighted by molar-refractivity contribution is 5.77. The standard InChI is InChI=1S/C13H19FN2O2/c1-3-6-16(9-13(18)15-2)8-10-4-5-12(17)11(14)7-10/h4-5,7,17H,3,6,8-9H2,1-2H3,(H,15,18). The van der Waals surface area contributed by atoms with E-state index in [1.54, 1.807) is 13.1 Å². The Hall–Kier alpha value is -1.62. The SMILES string of the molecule is CCCN(CC(=O)NC)Cc1ccc(O)c(F)c1. The molecule has 0 heterocycles. The molecule has 0 saturated carbocycles. The van der Waals surface area contributed by atoms with Crippen LogP contribution in [0.5, 0.6) is 5.75 Å². The lowest BCUT2D eigenvalue weighted by Gasteiger charge is -2.20. The molecular formula is C13H19FN2O2. The number of phenolic OH excluding ortho intramolecular Hbond substituents is 1. The molecule has 2 N–H and O–H groups in total. The number of carbonyl (C=O) groups excluding carboxylic acids is 1. The molecule has 0 aliphatic rings. The fourth-order valence-corrected chi connectivity index (χ4v) is 1.72. The minimum absolute atomic E-state index is 0.0669. The molecule has 0 aromatic heterocycles. The molecule has 18 heavy (non-hydrogen) atoms. The maximum absolute atomic E-state index is 13.2. The van der Waals surface area contributed by atoms with Gasteiger partial charge in [-0.15, -0.1) is 0 Å². The molecule has 1 aromatic rings. The van der Waals surface area contributed by atoms with Crippen LogP contribution >= 0.6 is 0 Å². The highest BCUT2D eigenvalue weighted by Crippen LogP contribution is 2.17. The number of amides is 1. The van der Waals surface area contributed by atoms with Crippen molar-refractivity contribution in [3.63, 3.8) is 0 Å². The van der Waals surface area contributed by atoms with Gasteiger partial charge >= 0.3 is 0 Å². The van der Waals surface area contributed by atoms with E-state index in [9.17, 15) is 9.18 Å². The first-order chi connectivity index (χ1) is 8.56. The highest BCUT2D eigenvalue weighted by atomic mass is 19.1. The van der Waals surface area contributed by atoms with E-state index in [0.29, 0.717) is 6.54 Å². The topological polar surface area (TPSA) is 52.6 Å². The Labute approximate surface area is 106 Å². The second-order valence-corrected chi connectivity index (χ2v) is 4.17. The van der Waals surface area contributed by atoms with Crippen molar-refractivity contribution in [3.05, 3.63) is 29.6 Å². The number of phenols is 1.